The minimum atomic E-state index is -1.75. The molecular formula is C2H3NO5PbU. The van der Waals surface area contributed by atoms with Gasteiger partial charge in [-0.3, -0.25) is 0 Å². The molecule has 0 saturated carbocycles. The maximum atomic E-state index is 8.89. The molecule has 0 aliphatic heterocycles. The Labute approximate surface area is 101 Å². The fourth-order valence-corrected chi connectivity index (χ4v) is 0. The number of carbonyl (C=O) groups excluding carboxylic acids is 1. The zero-order valence-corrected chi connectivity index (χ0v) is 13.0. The zero-order valence-electron chi connectivity index (χ0n) is 4.99. The van der Waals surface area contributed by atoms with E-state index < -0.39 is 11.1 Å². The second-order valence-corrected chi connectivity index (χ2v) is 0.715. The molecule has 0 saturated heterocycles. The minimum absolute atomic E-state index is 0. The maximum Gasteiger partial charge on any atom is 2.00 e. The van der Waals surface area contributed by atoms with Crippen LogP contribution in [0.25, 0.3) is 0 Å². The Hall–Kier alpha value is 0.644. The van der Waals surface area contributed by atoms with E-state index in [1.54, 1.807) is 0 Å². The molecule has 0 aromatic heterocycles. The first-order valence-corrected chi connectivity index (χ1v) is 1.46. The smallest absolute Gasteiger partial charge is 0.550 e. The van der Waals surface area contributed by atoms with Gasteiger partial charge in [0, 0.05) is 37.1 Å². The van der Waals surface area contributed by atoms with Crippen LogP contribution in [-0.4, -0.2) is 38.4 Å². The molecule has 0 bridgehead atoms. The van der Waals surface area contributed by atoms with Gasteiger partial charge in [0.1, 0.15) is 0 Å². The predicted octanol–water partition coefficient (Wildman–Crippen LogP) is -1.86. The van der Waals surface area contributed by atoms with Crippen molar-refractivity contribution in [3.05, 3.63) is 15.3 Å². The van der Waals surface area contributed by atoms with E-state index in [-0.39, 0.29) is 58.4 Å². The van der Waals surface area contributed by atoms with Crippen LogP contribution in [0.4, 0.5) is 0 Å². The third-order valence-corrected chi connectivity index (χ3v) is 0. The van der Waals surface area contributed by atoms with Crippen LogP contribution >= 0.6 is 0 Å². The van der Waals surface area contributed by atoms with Crippen molar-refractivity contribution < 1.29 is 46.1 Å². The van der Waals surface area contributed by atoms with Crippen molar-refractivity contribution in [1.29, 1.82) is 0 Å². The monoisotopic (exact) mass is 567 g/mol. The Bertz CT molecular complexity index is 77.6. The molecule has 0 spiro atoms. The normalized spacial score (nSPS) is 4.90. The summed E-state index contributed by atoms with van der Waals surface area (Å²) >= 11 is 0. The van der Waals surface area contributed by atoms with Crippen LogP contribution in [0, 0.1) is 46.4 Å². The number of nitrogens with zero attached hydrogens (tertiary/aromatic N) is 1. The second kappa shape index (κ2) is 16.3. The average Bonchev–Trinajstić information content (AvgIpc) is 1.25. The van der Waals surface area contributed by atoms with Crippen molar-refractivity contribution in [3.8, 4) is 0 Å². The van der Waals surface area contributed by atoms with Crippen molar-refractivity contribution in [2.45, 2.75) is 6.92 Å². The van der Waals surface area contributed by atoms with Gasteiger partial charge in [0.05, 0.1) is 5.09 Å². The van der Waals surface area contributed by atoms with Gasteiger partial charge in [-0.05, 0) is 6.92 Å². The molecule has 0 heterocycles. The summed E-state index contributed by atoms with van der Waals surface area (Å²) in [5, 5.41) is 23.6. The first kappa shape index (κ1) is 22.4. The number of hydrogen-bond acceptors (Lipinski definition) is 5. The van der Waals surface area contributed by atoms with E-state index in [2.05, 4.69) is 0 Å². The van der Waals surface area contributed by atoms with Crippen molar-refractivity contribution in [2.75, 3.05) is 0 Å². The fraction of sp³-hybridized carbons (Fsp3) is 0.500. The Kier molecular flexibility index (Phi) is 36.6. The van der Waals surface area contributed by atoms with Gasteiger partial charge in [-0.15, -0.1) is 0 Å². The number of carbonyl (C=O) groups is 1. The van der Waals surface area contributed by atoms with Crippen LogP contribution in [0.5, 0.6) is 0 Å². The zero-order chi connectivity index (χ0) is 7.15. The summed E-state index contributed by atoms with van der Waals surface area (Å²) in [5.74, 6) is -1.08. The summed E-state index contributed by atoms with van der Waals surface area (Å²) in [7, 11) is 0. The van der Waals surface area contributed by atoms with Gasteiger partial charge in [0.2, 0.25) is 0 Å². The van der Waals surface area contributed by atoms with E-state index in [4.69, 9.17) is 25.2 Å². The number of aliphatic carboxylic acids is 1. The summed E-state index contributed by atoms with van der Waals surface area (Å²) in [4.78, 5) is 17.1. The van der Waals surface area contributed by atoms with E-state index in [1.165, 1.54) is 0 Å². The van der Waals surface area contributed by atoms with Gasteiger partial charge < -0.3 is 25.2 Å². The molecule has 8 heteroatoms. The molecule has 0 aliphatic carbocycles. The standard InChI is InChI=1S/C2H4O2.NO3.Pb.U/c1-2(3)4;2-1(3)4;;/h1H3,(H,3,4);;;/q;-1;+2;/p-1. The van der Waals surface area contributed by atoms with Gasteiger partial charge in [-0.2, -0.15) is 0 Å². The molecule has 0 unspecified atom stereocenters. The number of rotatable bonds is 0. The molecule has 6 nitrogen and oxygen atoms in total. The van der Waals surface area contributed by atoms with Crippen LogP contribution in [-0.2, 0) is 4.79 Å². The van der Waals surface area contributed by atoms with E-state index in [9.17, 15) is 0 Å². The first-order valence-electron chi connectivity index (χ1n) is 1.46. The van der Waals surface area contributed by atoms with Crippen LogP contribution in [0.3, 0.4) is 0 Å². The Morgan fingerprint density at radius 2 is 1.40 bits per heavy atom. The van der Waals surface area contributed by atoms with Crippen LogP contribution in [0.2, 0.25) is 0 Å². The molecule has 0 amide bonds. The van der Waals surface area contributed by atoms with Crippen molar-refractivity contribution in [2.24, 2.45) is 0 Å². The van der Waals surface area contributed by atoms with Crippen molar-refractivity contribution in [3.63, 3.8) is 0 Å². The summed E-state index contributed by atoms with van der Waals surface area (Å²) in [5.41, 5.74) is 0. The molecule has 0 atom stereocenters. The molecular weight excluding hydrogens is 563 g/mol. The SMILES string of the molecule is CC(=O)[O-].O=[N+]([O-])[O-].[Pb+2].[U]. The van der Waals surface area contributed by atoms with Crippen LogP contribution in [0.1, 0.15) is 6.92 Å². The minimum Gasteiger partial charge on any atom is -0.550 e. The van der Waals surface area contributed by atoms with E-state index in [1.807, 2.05) is 0 Å². The Morgan fingerprint density at radius 1 is 1.40 bits per heavy atom. The van der Waals surface area contributed by atoms with E-state index in [0.717, 1.165) is 6.92 Å². The quantitative estimate of drug-likeness (QED) is 0.194. The molecule has 0 rings (SSSR count). The van der Waals surface area contributed by atoms with Crippen molar-refractivity contribution >= 4 is 33.3 Å². The maximum absolute atomic E-state index is 8.89. The third-order valence-electron chi connectivity index (χ3n) is 0. The average molecular weight is 566 g/mol. The number of carboxylic acid groups (broad SMARTS) is 1. The topological polar surface area (TPSA) is 106 Å². The van der Waals surface area contributed by atoms with Gasteiger partial charge in [0.25, 0.3) is 0 Å². The molecule has 0 aromatic carbocycles. The summed E-state index contributed by atoms with van der Waals surface area (Å²) in [6.07, 6.45) is 0. The van der Waals surface area contributed by atoms with Crippen LogP contribution in [0.15, 0.2) is 0 Å². The molecule has 0 fully saturated rings. The van der Waals surface area contributed by atoms with Gasteiger partial charge >= 0.3 is 27.3 Å². The summed E-state index contributed by atoms with van der Waals surface area (Å²) in [6.45, 7) is 0.972. The van der Waals surface area contributed by atoms with Crippen LogP contribution < -0.4 is 5.11 Å². The molecule has 10 heavy (non-hydrogen) atoms. The van der Waals surface area contributed by atoms with Crippen molar-refractivity contribution in [1.82, 2.24) is 0 Å². The first-order chi connectivity index (χ1) is 3.46. The molecule has 0 aliphatic rings. The van der Waals surface area contributed by atoms with Gasteiger partial charge in [-0.25, -0.2) is 0 Å². The third kappa shape index (κ3) is 1220. The second-order valence-electron chi connectivity index (χ2n) is 0.715. The van der Waals surface area contributed by atoms with E-state index in [0.29, 0.717) is 0 Å². The molecule has 0 aromatic rings. The number of carboxylic acids is 1. The molecule has 2 radical (unpaired) electrons. The Morgan fingerprint density at radius 3 is 1.40 bits per heavy atom. The summed E-state index contributed by atoms with van der Waals surface area (Å²) < 4.78 is 0. The van der Waals surface area contributed by atoms with E-state index >= 15 is 0 Å². The fourth-order valence-electron chi connectivity index (χ4n) is 0. The predicted molar refractivity (Wildman–Crippen MR) is 26.8 cm³/mol. The Balaban J connectivity index is -0.0000000300. The number of hydrogen-bond donors (Lipinski definition) is 0. The largest absolute Gasteiger partial charge is 2.00 e. The van der Waals surface area contributed by atoms with Gasteiger partial charge in [-0.1, -0.05) is 0 Å². The van der Waals surface area contributed by atoms with Gasteiger partial charge in [0.15, 0.2) is 0 Å². The molecule has 0 N–H and O–H groups in total. The molecule has 54 valence electrons. The summed E-state index contributed by atoms with van der Waals surface area (Å²) in [6, 6.07) is 0.